The van der Waals surface area contributed by atoms with Gasteiger partial charge in [0, 0.05) is 25.3 Å². The summed E-state index contributed by atoms with van der Waals surface area (Å²) in [5, 5.41) is 7.39. The van der Waals surface area contributed by atoms with Crippen molar-refractivity contribution in [3.63, 3.8) is 0 Å². The van der Waals surface area contributed by atoms with Gasteiger partial charge in [-0.05, 0) is 68.4 Å². The average molecular weight is 487 g/mol. The van der Waals surface area contributed by atoms with Crippen molar-refractivity contribution in [3.05, 3.63) is 70.9 Å². The summed E-state index contributed by atoms with van der Waals surface area (Å²) in [7, 11) is 0. The van der Waals surface area contributed by atoms with Gasteiger partial charge in [-0.1, -0.05) is 19.1 Å². The number of pyridine rings is 2. The fraction of sp³-hybridized carbons (Fsp3) is 0.429. The van der Waals surface area contributed by atoms with E-state index in [1.807, 2.05) is 31.3 Å². The van der Waals surface area contributed by atoms with Crippen LogP contribution in [-0.2, 0) is 11.2 Å². The van der Waals surface area contributed by atoms with E-state index in [4.69, 9.17) is 9.72 Å². The third-order valence-electron chi connectivity index (χ3n) is 7.27. The molecule has 3 aromatic rings. The Hall–Kier alpha value is -3.36. The first-order chi connectivity index (χ1) is 17.5. The Morgan fingerprint density at radius 3 is 2.64 bits per heavy atom. The highest BCUT2D eigenvalue weighted by Crippen LogP contribution is 2.31. The van der Waals surface area contributed by atoms with Gasteiger partial charge < -0.3 is 10.1 Å². The molecular weight excluding hydrogens is 452 g/mol. The Kier molecular flexibility index (Phi) is 7.25. The predicted octanol–water partition coefficient (Wildman–Crippen LogP) is 4.36. The van der Waals surface area contributed by atoms with E-state index < -0.39 is 0 Å². The van der Waals surface area contributed by atoms with Crippen LogP contribution in [0.4, 0.5) is 5.69 Å². The molecule has 2 aliphatic rings. The van der Waals surface area contributed by atoms with Crippen LogP contribution in [0.3, 0.4) is 0 Å². The summed E-state index contributed by atoms with van der Waals surface area (Å²) in [5.74, 6) is 0.491. The van der Waals surface area contributed by atoms with Gasteiger partial charge in [0.25, 0.3) is 5.91 Å². The van der Waals surface area contributed by atoms with Crippen molar-refractivity contribution in [2.24, 2.45) is 0 Å². The number of aryl methyl sites for hydroxylation is 2. The molecule has 0 radical (unpaired) electrons. The Labute approximate surface area is 212 Å². The quantitative estimate of drug-likeness (QED) is 0.557. The van der Waals surface area contributed by atoms with Crippen LogP contribution in [-0.4, -0.2) is 62.9 Å². The third-order valence-corrected chi connectivity index (χ3v) is 7.27. The highest BCUT2D eigenvalue weighted by molar-refractivity contribution is 6.05. The number of carbonyl (C=O) groups is 1. The molecule has 1 saturated heterocycles. The van der Waals surface area contributed by atoms with Gasteiger partial charge in [-0.15, -0.1) is 0 Å². The Morgan fingerprint density at radius 1 is 1.14 bits per heavy atom. The van der Waals surface area contributed by atoms with Gasteiger partial charge in [0.15, 0.2) is 5.82 Å². The van der Waals surface area contributed by atoms with Crippen molar-refractivity contribution >= 4 is 17.2 Å². The van der Waals surface area contributed by atoms with Crippen LogP contribution in [0.5, 0.6) is 0 Å². The molecule has 1 aliphatic carbocycles. The van der Waals surface area contributed by atoms with Crippen molar-refractivity contribution in [1.29, 1.82) is 0 Å². The molecule has 36 heavy (non-hydrogen) atoms. The number of amides is 1. The van der Waals surface area contributed by atoms with Crippen LogP contribution < -0.4 is 5.32 Å². The predicted molar refractivity (Wildman–Crippen MR) is 140 cm³/mol. The van der Waals surface area contributed by atoms with Crippen LogP contribution in [0.2, 0.25) is 0 Å². The smallest absolute Gasteiger partial charge is 0.259 e. The summed E-state index contributed by atoms with van der Waals surface area (Å²) >= 11 is 0. The molecule has 1 fully saturated rings. The van der Waals surface area contributed by atoms with Gasteiger partial charge in [-0.2, -0.15) is 5.10 Å². The molecule has 1 N–H and O–H groups in total. The minimum atomic E-state index is -0.205. The minimum Gasteiger partial charge on any atom is -0.379 e. The number of nitrogens with one attached hydrogen (secondary N) is 1. The summed E-state index contributed by atoms with van der Waals surface area (Å²) in [6.45, 7) is 9.76. The van der Waals surface area contributed by atoms with Crippen molar-refractivity contribution in [2.75, 3.05) is 31.6 Å². The molecule has 0 saturated carbocycles. The van der Waals surface area contributed by atoms with Gasteiger partial charge in [-0.25, -0.2) is 9.67 Å². The van der Waals surface area contributed by atoms with Gasteiger partial charge in [0.2, 0.25) is 0 Å². The van der Waals surface area contributed by atoms with Crippen molar-refractivity contribution in [3.8, 4) is 5.82 Å². The molecule has 4 heterocycles. The topological polar surface area (TPSA) is 85.2 Å². The summed E-state index contributed by atoms with van der Waals surface area (Å²) < 4.78 is 7.19. The van der Waals surface area contributed by atoms with E-state index in [2.05, 4.69) is 40.2 Å². The lowest BCUT2D eigenvalue weighted by Crippen LogP contribution is -2.43. The average Bonchev–Trinajstić information content (AvgIpc) is 3.31. The minimum absolute atomic E-state index is 0.205. The molecule has 1 aliphatic heterocycles. The van der Waals surface area contributed by atoms with Crippen LogP contribution in [0.1, 0.15) is 59.1 Å². The molecule has 8 nitrogen and oxygen atoms in total. The Morgan fingerprint density at radius 2 is 1.97 bits per heavy atom. The van der Waals surface area contributed by atoms with E-state index in [9.17, 15) is 4.79 Å². The SMILES string of the molecule is CCc1ccc(-n2ncc(C(=O)Nc3cnc(C4=CCC(N5CCOCC5)CC4)c(C)c3)c2C)nc1. The summed E-state index contributed by atoms with van der Waals surface area (Å²) in [6.07, 6.45) is 11.7. The maximum absolute atomic E-state index is 13.0. The fourth-order valence-corrected chi connectivity index (χ4v) is 5.10. The number of anilines is 1. The normalized spacial score (nSPS) is 18.6. The van der Waals surface area contributed by atoms with Gasteiger partial charge in [-0.3, -0.25) is 14.7 Å². The number of aromatic nitrogens is 4. The van der Waals surface area contributed by atoms with Crippen molar-refractivity contribution in [2.45, 2.75) is 52.5 Å². The van der Waals surface area contributed by atoms with Crippen LogP contribution in [0.25, 0.3) is 11.4 Å². The zero-order valence-electron chi connectivity index (χ0n) is 21.3. The third kappa shape index (κ3) is 5.10. The van der Waals surface area contributed by atoms with Gasteiger partial charge in [0.1, 0.15) is 0 Å². The summed E-state index contributed by atoms with van der Waals surface area (Å²) in [4.78, 5) is 24.8. The maximum Gasteiger partial charge on any atom is 0.259 e. The number of nitrogens with zero attached hydrogens (tertiary/aromatic N) is 5. The van der Waals surface area contributed by atoms with Gasteiger partial charge >= 0.3 is 0 Å². The van der Waals surface area contributed by atoms with Crippen LogP contribution in [0.15, 0.2) is 42.9 Å². The van der Waals surface area contributed by atoms with Crippen LogP contribution in [0, 0.1) is 13.8 Å². The summed E-state index contributed by atoms with van der Waals surface area (Å²) in [5.41, 5.74) is 6.49. The first kappa shape index (κ1) is 24.3. The lowest BCUT2D eigenvalue weighted by Gasteiger charge is -2.36. The van der Waals surface area contributed by atoms with E-state index >= 15 is 0 Å². The lowest BCUT2D eigenvalue weighted by molar-refractivity contribution is 0.0150. The van der Waals surface area contributed by atoms with E-state index in [0.29, 0.717) is 23.1 Å². The van der Waals surface area contributed by atoms with Crippen molar-refractivity contribution < 1.29 is 9.53 Å². The first-order valence-corrected chi connectivity index (χ1v) is 12.8. The Bertz CT molecular complexity index is 1260. The number of morpholine rings is 1. The fourth-order valence-electron chi connectivity index (χ4n) is 5.10. The second-order valence-electron chi connectivity index (χ2n) is 9.58. The number of hydrogen-bond donors (Lipinski definition) is 1. The van der Waals surface area contributed by atoms with Gasteiger partial charge in [0.05, 0.1) is 48.2 Å². The molecule has 5 rings (SSSR count). The molecule has 0 bridgehead atoms. The van der Waals surface area contributed by atoms with Crippen LogP contribution >= 0.6 is 0 Å². The molecule has 0 spiro atoms. The highest BCUT2D eigenvalue weighted by Gasteiger charge is 2.24. The molecular formula is C28H34N6O2. The standard InChI is InChI=1S/C28H34N6O2/c1-4-21-5-10-26(29-16-21)34-20(3)25(18-31-34)28(35)32-23-15-19(2)27(30-17-23)22-6-8-24(9-7-22)33-11-13-36-14-12-33/h5-6,10,15-18,24H,4,7-9,11-14H2,1-3H3,(H,32,35). The number of carbonyl (C=O) groups excluding carboxylic acids is 1. The number of ether oxygens (including phenoxy) is 1. The Balaban J connectivity index is 1.25. The number of hydrogen-bond acceptors (Lipinski definition) is 6. The zero-order valence-corrected chi connectivity index (χ0v) is 21.3. The lowest BCUT2D eigenvalue weighted by atomic mass is 9.90. The molecule has 1 atom stereocenters. The zero-order chi connectivity index (χ0) is 25.1. The molecule has 0 aromatic carbocycles. The first-order valence-electron chi connectivity index (χ1n) is 12.8. The molecule has 8 heteroatoms. The van der Waals surface area contributed by atoms with Crippen molar-refractivity contribution in [1.82, 2.24) is 24.6 Å². The molecule has 188 valence electrons. The van der Waals surface area contributed by atoms with E-state index in [-0.39, 0.29) is 5.91 Å². The van der Waals surface area contributed by atoms with E-state index in [0.717, 1.165) is 74.5 Å². The largest absolute Gasteiger partial charge is 0.379 e. The number of rotatable bonds is 6. The second-order valence-corrected chi connectivity index (χ2v) is 9.58. The molecule has 1 amide bonds. The maximum atomic E-state index is 13.0. The highest BCUT2D eigenvalue weighted by atomic mass is 16.5. The second kappa shape index (κ2) is 10.7. The monoisotopic (exact) mass is 486 g/mol. The van der Waals surface area contributed by atoms with E-state index in [1.54, 1.807) is 17.1 Å². The molecule has 1 unspecified atom stereocenters. The number of allylic oxidation sites excluding steroid dienone is 1. The molecule has 3 aromatic heterocycles. The van der Waals surface area contributed by atoms with E-state index in [1.165, 1.54) is 5.57 Å². The summed E-state index contributed by atoms with van der Waals surface area (Å²) in [6, 6.07) is 6.56.